The average molecular weight is 361 g/mol. The molecule has 90 valence electrons. The standard InChI is InChI=1S/C11H12IN3OS/c1-2-3-15-11(13-7-14-15)5-9(16)8-4-10(12)17-6-8/h4,6-7H,2-3,5H2,1H3. The number of aryl methyl sites for hydroxylation is 1. The number of aromatic nitrogens is 3. The van der Waals surface area contributed by atoms with Crippen LogP contribution in [0.3, 0.4) is 0 Å². The molecule has 0 bridgehead atoms. The average Bonchev–Trinajstić information content (AvgIpc) is 2.89. The van der Waals surface area contributed by atoms with Gasteiger partial charge in [0.1, 0.15) is 12.2 Å². The molecule has 0 unspecified atom stereocenters. The maximum atomic E-state index is 12.0. The Balaban J connectivity index is 2.10. The number of nitrogens with zero attached hydrogens (tertiary/aromatic N) is 3. The first-order valence-corrected chi connectivity index (χ1v) is 7.30. The monoisotopic (exact) mass is 361 g/mol. The quantitative estimate of drug-likeness (QED) is 0.608. The van der Waals surface area contributed by atoms with Crippen LogP contribution >= 0.6 is 33.9 Å². The summed E-state index contributed by atoms with van der Waals surface area (Å²) in [5, 5.41) is 6.01. The highest BCUT2D eigenvalue weighted by Gasteiger charge is 2.13. The Kier molecular flexibility index (Phi) is 4.27. The third-order valence-corrected chi connectivity index (χ3v) is 4.13. The van der Waals surface area contributed by atoms with Gasteiger partial charge in [-0.1, -0.05) is 6.92 Å². The third-order valence-electron chi connectivity index (χ3n) is 2.34. The van der Waals surface area contributed by atoms with E-state index in [1.165, 1.54) is 6.33 Å². The highest BCUT2D eigenvalue weighted by atomic mass is 127. The number of ketones is 1. The lowest BCUT2D eigenvalue weighted by Gasteiger charge is -2.02. The molecule has 0 aromatic carbocycles. The minimum absolute atomic E-state index is 0.106. The first kappa shape index (κ1) is 12.7. The zero-order valence-corrected chi connectivity index (χ0v) is 12.4. The molecule has 0 radical (unpaired) electrons. The van der Waals surface area contributed by atoms with Gasteiger partial charge in [0.2, 0.25) is 0 Å². The van der Waals surface area contributed by atoms with Gasteiger partial charge in [0, 0.05) is 17.5 Å². The number of thiophene rings is 1. The van der Waals surface area contributed by atoms with Crippen molar-refractivity contribution in [3.8, 4) is 0 Å². The molecule has 0 N–H and O–H groups in total. The Hall–Kier alpha value is -0.760. The molecule has 0 saturated heterocycles. The topological polar surface area (TPSA) is 47.8 Å². The van der Waals surface area contributed by atoms with Gasteiger partial charge in [0.15, 0.2) is 5.78 Å². The summed E-state index contributed by atoms with van der Waals surface area (Å²) in [6, 6.07) is 1.91. The van der Waals surface area contributed by atoms with Gasteiger partial charge in [-0.15, -0.1) is 11.3 Å². The fourth-order valence-corrected chi connectivity index (χ4v) is 2.88. The Morgan fingerprint density at radius 3 is 3.06 bits per heavy atom. The molecule has 0 amide bonds. The molecular formula is C11H12IN3OS. The van der Waals surface area contributed by atoms with Crippen molar-refractivity contribution < 1.29 is 4.79 Å². The summed E-state index contributed by atoms with van der Waals surface area (Å²) in [5.41, 5.74) is 0.769. The summed E-state index contributed by atoms with van der Waals surface area (Å²) in [4.78, 5) is 16.1. The molecule has 2 rings (SSSR count). The Labute approximate surface area is 117 Å². The minimum Gasteiger partial charge on any atom is -0.294 e. The molecule has 0 fully saturated rings. The number of halogens is 1. The van der Waals surface area contributed by atoms with E-state index in [0.29, 0.717) is 6.42 Å². The minimum atomic E-state index is 0.106. The van der Waals surface area contributed by atoms with Gasteiger partial charge in [-0.25, -0.2) is 9.67 Å². The smallest absolute Gasteiger partial charge is 0.171 e. The van der Waals surface area contributed by atoms with Gasteiger partial charge in [-0.3, -0.25) is 4.79 Å². The van der Waals surface area contributed by atoms with Crippen LogP contribution < -0.4 is 0 Å². The van der Waals surface area contributed by atoms with E-state index in [4.69, 9.17) is 0 Å². The van der Waals surface area contributed by atoms with Gasteiger partial charge in [-0.05, 0) is 35.1 Å². The van der Waals surface area contributed by atoms with Crippen LogP contribution in [0.1, 0.15) is 29.5 Å². The van der Waals surface area contributed by atoms with E-state index in [-0.39, 0.29) is 5.78 Å². The Morgan fingerprint density at radius 1 is 1.59 bits per heavy atom. The second kappa shape index (κ2) is 5.72. The van der Waals surface area contributed by atoms with Crippen molar-refractivity contribution in [3.63, 3.8) is 0 Å². The van der Waals surface area contributed by atoms with Crippen LogP contribution in [0.4, 0.5) is 0 Å². The van der Waals surface area contributed by atoms with Crippen LogP contribution in [0.15, 0.2) is 17.8 Å². The summed E-state index contributed by atoms with van der Waals surface area (Å²) in [6.07, 6.45) is 2.82. The van der Waals surface area contributed by atoms with Gasteiger partial charge in [-0.2, -0.15) is 5.10 Å². The van der Waals surface area contributed by atoms with Crippen LogP contribution in [0, 0.1) is 2.88 Å². The Bertz CT molecular complexity index is 520. The lowest BCUT2D eigenvalue weighted by atomic mass is 10.1. The van der Waals surface area contributed by atoms with E-state index in [2.05, 4.69) is 39.6 Å². The maximum Gasteiger partial charge on any atom is 0.171 e. The van der Waals surface area contributed by atoms with Gasteiger partial charge >= 0.3 is 0 Å². The fraction of sp³-hybridized carbons (Fsp3) is 0.364. The Morgan fingerprint density at radius 2 is 2.41 bits per heavy atom. The lowest BCUT2D eigenvalue weighted by molar-refractivity contribution is 0.0989. The zero-order valence-electron chi connectivity index (χ0n) is 9.39. The van der Waals surface area contributed by atoms with Crippen molar-refractivity contribution in [2.75, 3.05) is 0 Å². The summed E-state index contributed by atoms with van der Waals surface area (Å²) >= 11 is 3.80. The zero-order chi connectivity index (χ0) is 12.3. The van der Waals surface area contributed by atoms with Crippen LogP contribution in [0.25, 0.3) is 0 Å². The fourth-order valence-electron chi connectivity index (χ4n) is 1.53. The first-order chi connectivity index (χ1) is 8.20. The van der Waals surface area contributed by atoms with Crippen molar-refractivity contribution in [2.24, 2.45) is 0 Å². The van der Waals surface area contributed by atoms with Gasteiger partial charge in [0.05, 0.1) is 9.30 Å². The normalized spacial score (nSPS) is 10.7. The van der Waals surface area contributed by atoms with Crippen molar-refractivity contribution in [3.05, 3.63) is 32.0 Å². The molecule has 0 aliphatic carbocycles. The van der Waals surface area contributed by atoms with E-state index in [1.54, 1.807) is 16.0 Å². The second-order valence-electron chi connectivity index (χ2n) is 3.64. The van der Waals surface area contributed by atoms with Crippen LogP contribution in [-0.2, 0) is 13.0 Å². The summed E-state index contributed by atoms with van der Waals surface area (Å²) in [6.45, 7) is 2.89. The largest absolute Gasteiger partial charge is 0.294 e. The number of carbonyl (C=O) groups is 1. The summed E-state index contributed by atoms with van der Waals surface area (Å²) < 4.78 is 2.93. The number of rotatable bonds is 5. The highest BCUT2D eigenvalue weighted by molar-refractivity contribution is 14.1. The molecule has 4 nitrogen and oxygen atoms in total. The van der Waals surface area contributed by atoms with E-state index < -0.39 is 0 Å². The molecule has 0 aliphatic heterocycles. The van der Waals surface area contributed by atoms with Crippen LogP contribution in [0.5, 0.6) is 0 Å². The van der Waals surface area contributed by atoms with Crippen molar-refractivity contribution >= 4 is 39.7 Å². The molecule has 0 aliphatic rings. The van der Waals surface area contributed by atoms with E-state index in [1.807, 2.05) is 11.4 Å². The summed E-state index contributed by atoms with van der Waals surface area (Å²) in [7, 11) is 0. The maximum absolute atomic E-state index is 12.0. The number of hydrogen-bond donors (Lipinski definition) is 0. The third kappa shape index (κ3) is 3.12. The molecule has 6 heteroatoms. The van der Waals surface area contributed by atoms with E-state index >= 15 is 0 Å². The highest BCUT2D eigenvalue weighted by Crippen LogP contribution is 2.18. The SMILES string of the molecule is CCCn1ncnc1CC(=O)c1csc(I)c1. The lowest BCUT2D eigenvalue weighted by Crippen LogP contribution is -2.11. The predicted molar refractivity (Wildman–Crippen MR) is 75.4 cm³/mol. The van der Waals surface area contributed by atoms with Gasteiger partial charge in [0.25, 0.3) is 0 Å². The predicted octanol–water partition coefficient (Wildman–Crippen LogP) is 2.78. The van der Waals surface area contributed by atoms with E-state index in [0.717, 1.165) is 27.2 Å². The van der Waals surface area contributed by atoms with Crippen LogP contribution in [-0.4, -0.2) is 20.5 Å². The molecular weight excluding hydrogens is 349 g/mol. The summed E-state index contributed by atoms with van der Waals surface area (Å²) in [5.74, 6) is 0.854. The molecule has 2 aromatic heterocycles. The molecule has 2 heterocycles. The molecule has 0 saturated carbocycles. The molecule has 17 heavy (non-hydrogen) atoms. The van der Waals surface area contributed by atoms with Crippen molar-refractivity contribution in [1.82, 2.24) is 14.8 Å². The number of carbonyl (C=O) groups excluding carboxylic acids is 1. The van der Waals surface area contributed by atoms with Crippen molar-refractivity contribution in [2.45, 2.75) is 26.3 Å². The van der Waals surface area contributed by atoms with E-state index in [9.17, 15) is 4.79 Å². The molecule has 0 atom stereocenters. The van der Waals surface area contributed by atoms with Crippen molar-refractivity contribution in [1.29, 1.82) is 0 Å². The number of hydrogen-bond acceptors (Lipinski definition) is 4. The molecule has 2 aromatic rings. The van der Waals surface area contributed by atoms with Crippen LogP contribution in [0.2, 0.25) is 0 Å². The van der Waals surface area contributed by atoms with Gasteiger partial charge < -0.3 is 0 Å². The first-order valence-electron chi connectivity index (χ1n) is 5.34. The molecule has 0 spiro atoms. The second-order valence-corrected chi connectivity index (χ2v) is 6.44. The number of Topliss-reactive ketones (excluding diaryl/α,β-unsaturated/α-hetero) is 1.